The number of amides is 1. The number of para-hydroxylation sites is 1. The van der Waals surface area contributed by atoms with Gasteiger partial charge in [-0.3, -0.25) is 9.69 Å². The second-order valence-corrected chi connectivity index (χ2v) is 9.33. The molecule has 1 N–H and O–H groups in total. The minimum atomic E-state index is -0.390. The highest BCUT2D eigenvalue weighted by Crippen LogP contribution is 2.32. The van der Waals surface area contributed by atoms with Crippen molar-refractivity contribution >= 4 is 16.8 Å². The molecule has 0 saturated carbocycles. The largest absolute Gasteiger partial charge is 0.344 e. The highest BCUT2D eigenvalue weighted by molar-refractivity contribution is 6.09. The maximum absolute atomic E-state index is 14.1. The molecule has 1 amide bonds. The van der Waals surface area contributed by atoms with Gasteiger partial charge in [0, 0.05) is 23.1 Å². The molecule has 5 heteroatoms. The lowest BCUT2D eigenvalue weighted by Crippen LogP contribution is -2.33. The summed E-state index contributed by atoms with van der Waals surface area (Å²) < 4.78 is 0. The molecule has 0 bridgehead atoms. The van der Waals surface area contributed by atoms with Crippen LogP contribution >= 0.6 is 0 Å². The van der Waals surface area contributed by atoms with Gasteiger partial charge >= 0.3 is 0 Å². The SMILES string of the molecule is N#CCC(NC(=O)c1c(CN2CCCCC2)c(-c2ccccc2)nc2ccccc12)c1ccccc1. The van der Waals surface area contributed by atoms with Crippen LogP contribution in [0.15, 0.2) is 84.9 Å². The third-order valence-electron chi connectivity index (χ3n) is 6.90. The van der Waals surface area contributed by atoms with Crippen LogP contribution < -0.4 is 5.32 Å². The summed E-state index contributed by atoms with van der Waals surface area (Å²) in [4.78, 5) is 21.6. The maximum atomic E-state index is 14.1. The van der Waals surface area contributed by atoms with E-state index in [0.717, 1.165) is 46.4 Å². The Morgan fingerprint density at radius 2 is 1.58 bits per heavy atom. The predicted molar refractivity (Wildman–Crippen MR) is 143 cm³/mol. The van der Waals surface area contributed by atoms with Crippen molar-refractivity contribution in [1.82, 2.24) is 15.2 Å². The number of carbonyl (C=O) groups is 1. The van der Waals surface area contributed by atoms with Crippen molar-refractivity contribution in [3.8, 4) is 17.3 Å². The summed E-state index contributed by atoms with van der Waals surface area (Å²) >= 11 is 0. The van der Waals surface area contributed by atoms with Gasteiger partial charge in [0.1, 0.15) is 0 Å². The van der Waals surface area contributed by atoms with Gasteiger partial charge in [0.2, 0.25) is 0 Å². The molecule has 1 unspecified atom stereocenters. The van der Waals surface area contributed by atoms with E-state index in [0.29, 0.717) is 12.1 Å². The second-order valence-electron chi connectivity index (χ2n) is 9.33. The number of carbonyl (C=O) groups excluding carboxylic acids is 1. The number of fused-ring (bicyclic) bond motifs is 1. The Hall–Kier alpha value is -4.01. The number of benzene rings is 3. The molecule has 1 fully saturated rings. The molecule has 1 aliphatic heterocycles. The van der Waals surface area contributed by atoms with E-state index in [4.69, 9.17) is 4.98 Å². The monoisotopic (exact) mass is 474 g/mol. The summed E-state index contributed by atoms with van der Waals surface area (Å²) in [5, 5.41) is 13.5. The topological polar surface area (TPSA) is 69.0 Å². The van der Waals surface area contributed by atoms with Gasteiger partial charge in [-0.2, -0.15) is 5.26 Å². The van der Waals surface area contributed by atoms with Gasteiger partial charge in [0.25, 0.3) is 5.91 Å². The van der Waals surface area contributed by atoms with Crippen LogP contribution in [0.5, 0.6) is 0 Å². The number of hydrogen-bond donors (Lipinski definition) is 1. The molecule has 0 aliphatic carbocycles. The lowest BCUT2D eigenvalue weighted by atomic mass is 9.94. The Morgan fingerprint density at radius 3 is 2.31 bits per heavy atom. The average molecular weight is 475 g/mol. The van der Waals surface area contributed by atoms with Crippen LogP contribution in [0, 0.1) is 11.3 Å². The minimum absolute atomic E-state index is 0.165. The van der Waals surface area contributed by atoms with Crippen molar-refractivity contribution in [3.05, 3.63) is 102 Å². The van der Waals surface area contributed by atoms with Crippen molar-refractivity contribution in [1.29, 1.82) is 5.26 Å². The fourth-order valence-electron chi connectivity index (χ4n) is 5.10. The number of piperidine rings is 1. The van der Waals surface area contributed by atoms with Crippen LogP contribution in [0.3, 0.4) is 0 Å². The van der Waals surface area contributed by atoms with Gasteiger partial charge in [-0.15, -0.1) is 0 Å². The molecule has 4 aromatic rings. The molecule has 0 spiro atoms. The Morgan fingerprint density at radius 1 is 0.917 bits per heavy atom. The van der Waals surface area contributed by atoms with Crippen molar-refractivity contribution < 1.29 is 4.79 Å². The van der Waals surface area contributed by atoms with E-state index >= 15 is 0 Å². The van der Waals surface area contributed by atoms with Crippen LogP contribution in [0.4, 0.5) is 0 Å². The van der Waals surface area contributed by atoms with Crippen LogP contribution in [-0.4, -0.2) is 28.9 Å². The average Bonchev–Trinajstić information content (AvgIpc) is 2.94. The number of pyridine rings is 1. The first-order valence-electron chi connectivity index (χ1n) is 12.7. The van der Waals surface area contributed by atoms with Crippen molar-refractivity contribution in [2.75, 3.05) is 13.1 Å². The molecule has 36 heavy (non-hydrogen) atoms. The molecule has 180 valence electrons. The molecule has 1 atom stereocenters. The fourth-order valence-corrected chi connectivity index (χ4v) is 5.10. The van der Waals surface area contributed by atoms with Gasteiger partial charge in [0.05, 0.1) is 35.3 Å². The molecule has 5 nitrogen and oxygen atoms in total. The summed E-state index contributed by atoms with van der Waals surface area (Å²) in [6.45, 7) is 2.70. The first-order chi connectivity index (χ1) is 17.7. The van der Waals surface area contributed by atoms with Crippen molar-refractivity contribution in [3.63, 3.8) is 0 Å². The Bertz CT molecular complexity index is 1370. The fraction of sp³-hybridized carbons (Fsp3) is 0.258. The third-order valence-corrected chi connectivity index (χ3v) is 6.90. The Balaban J connectivity index is 1.65. The van der Waals surface area contributed by atoms with Crippen molar-refractivity contribution in [2.24, 2.45) is 0 Å². The third kappa shape index (κ3) is 5.15. The van der Waals surface area contributed by atoms with E-state index in [9.17, 15) is 10.1 Å². The Labute approximate surface area is 212 Å². The molecule has 5 rings (SSSR count). The molecule has 1 aliphatic rings. The molecule has 1 saturated heterocycles. The standard InChI is InChI=1S/C31H30N4O/c32-19-18-27(23-12-4-1-5-13-23)34-31(36)29-25-16-8-9-17-28(25)33-30(24-14-6-2-7-15-24)26(29)22-35-20-10-3-11-21-35/h1-2,4-9,12-17,27H,3,10-11,18,20-22H2,(H,34,36). The zero-order chi connectivity index (χ0) is 24.7. The van der Waals surface area contributed by atoms with E-state index in [1.165, 1.54) is 19.3 Å². The molecule has 1 aromatic heterocycles. The van der Waals surface area contributed by atoms with E-state index in [-0.39, 0.29) is 12.3 Å². The smallest absolute Gasteiger partial charge is 0.252 e. The van der Waals surface area contributed by atoms with Gasteiger partial charge in [-0.25, -0.2) is 4.98 Å². The summed E-state index contributed by atoms with van der Waals surface area (Å²) in [5.74, 6) is -0.165. The molecular weight excluding hydrogens is 444 g/mol. The van der Waals surface area contributed by atoms with Gasteiger partial charge in [-0.1, -0.05) is 85.3 Å². The van der Waals surface area contributed by atoms with Crippen LogP contribution in [-0.2, 0) is 6.54 Å². The normalized spacial score (nSPS) is 14.8. The zero-order valence-corrected chi connectivity index (χ0v) is 20.4. The summed E-state index contributed by atoms with van der Waals surface area (Å²) in [6.07, 6.45) is 3.78. The summed E-state index contributed by atoms with van der Waals surface area (Å²) in [5.41, 5.74) is 5.17. The van der Waals surface area contributed by atoms with Gasteiger partial charge in [0.15, 0.2) is 0 Å². The van der Waals surface area contributed by atoms with Gasteiger partial charge < -0.3 is 5.32 Å². The number of nitrogens with zero attached hydrogens (tertiary/aromatic N) is 3. The number of nitrogens with one attached hydrogen (secondary N) is 1. The van der Waals surface area contributed by atoms with Crippen LogP contribution in [0.2, 0.25) is 0 Å². The molecule has 2 heterocycles. The first kappa shape index (κ1) is 23.7. The van der Waals surface area contributed by atoms with E-state index in [2.05, 4.69) is 28.4 Å². The highest BCUT2D eigenvalue weighted by Gasteiger charge is 2.26. The quantitative estimate of drug-likeness (QED) is 0.343. The number of hydrogen-bond acceptors (Lipinski definition) is 4. The first-order valence-corrected chi connectivity index (χ1v) is 12.7. The maximum Gasteiger partial charge on any atom is 0.252 e. The second kappa shape index (κ2) is 11.2. The Kier molecular flexibility index (Phi) is 7.35. The summed E-state index contributed by atoms with van der Waals surface area (Å²) in [7, 11) is 0. The highest BCUT2D eigenvalue weighted by atomic mass is 16.1. The zero-order valence-electron chi connectivity index (χ0n) is 20.4. The van der Waals surface area contributed by atoms with E-state index in [1.54, 1.807) is 0 Å². The minimum Gasteiger partial charge on any atom is -0.344 e. The van der Waals surface area contributed by atoms with Gasteiger partial charge in [-0.05, 0) is 37.6 Å². The van der Waals surface area contributed by atoms with Crippen LogP contribution in [0.1, 0.15) is 53.2 Å². The number of rotatable bonds is 7. The molecule has 0 radical (unpaired) electrons. The number of likely N-dealkylation sites (tertiary alicyclic amines) is 1. The lowest BCUT2D eigenvalue weighted by Gasteiger charge is -2.29. The van der Waals surface area contributed by atoms with E-state index < -0.39 is 6.04 Å². The molecule has 3 aromatic carbocycles. The number of nitriles is 1. The summed E-state index contributed by atoms with van der Waals surface area (Å²) in [6, 6.07) is 29.6. The lowest BCUT2D eigenvalue weighted by molar-refractivity contribution is 0.0936. The van der Waals surface area contributed by atoms with Crippen LogP contribution in [0.25, 0.3) is 22.2 Å². The van der Waals surface area contributed by atoms with Crippen molar-refractivity contribution in [2.45, 2.75) is 38.3 Å². The number of aromatic nitrogens is 1. The van der Waals surface area contributed by atoms with E-state index in [1.807, 2.05) is 72.8 Å². The molecular formula is C31H30N4O. The predicted octanol–water partition coefficient (Wildman–Crippen LogP) is 6.27.